The minimum Gasteiger partial charge on any atom is -0.487 e. The van der Waals surface area contributed by atoms with Gasteiger partial charge in [-0.2, -0.15) is 0 Å². The second kappa shape index (κ2) is 4.77. The van der Waals surface area contributed by atoms with E-state index in [2.05, 4.69) is 25.1 Å². The minimum atomic E-state index is -1.10. The lowest BCUT2D eigenvalue weighted by Crippen LogP contribution is -2.54. The van der Waals surface area contributed by atoms with Crippen LogP contribution >= 0.6 is 0 Å². The van der Waals surface area contributed by atoms with Crippen molar-refractivity contribution in [1.82, 2.24) is 0 Å². The predicted molar refractivity (Wildman–Crippen MR) is 92.8 cm³/mol. The molecule has 2 aromatic rings. The van der Waals surface area contributed by atoms with Crippen molar-refractivity contribution in [2.24, 2.45) is 0 Å². The van der Waals surface area contributed by atoms with Crippen molar-refractivity contribution in [3.63, 3.8) is 0 Å². The van der Waals surface area contributed by atoms with Crippen LogP contribution in [0, 0.1) is 13.8 Å². The zero-order valence-electron chi connectivity index (χ0n) is 14.7. The first kappa shape index (κ1) is 15.2. The molecule has 1 fully saturated rings. The number of aliphatic hydroxyl groups is 1. The number of aryl methyl sites for hydroxylation is 2. The molecule has 1 unspecified atom stereocenters. The molecule has 4 heteroatoms. The van der Waals surface area contributed by atoms with Crippen LogP contribution in [-0.2, 0) is 15.9 Å². The van der Waals surface area contributed by atoms with Gasteiger partial charge in [0.15, 0.2) is 5.60 Å². The quantitative estimate of drug-likeness (QED) is 0.796. The fraction of sp³-hybridized carbons (Fsp3) is 0.429. The van der Waals surface area contributed by atoms with Crippen LogP contribution in [0.25, 0.3) is 0 Å². The van der Waals surface area contributed by atoms with Gasteiger partial charge in [0.1, 0.15) is 23.2 Å². The average molecular weight is 338 g/mol. The van der Waals surface area contributed by atoms with Gasteiger partial charge in [-0.1, -0.05) is 24.3 Å². The second-order valence-electron chi connectivity index (χ2n) is 7.64. The molecule has 3 aliphatic rings. The molecule has 1 N–H and O–H groups in total. The molecule has 4 atom stereocenters. The molecule has 1 saturated heterocycles. The molecule has 0 aromatic heterocycles. The van der Waals surface area contributed by atoms with Crippen LogP contribution in [0.5, 0.6) is 11.5 Å². The lowest BCUT2D eigenvalue weighted by Gasteiger charge is -2.44. The zero-order valence-corrected chi connectivity index (χ0v) is 14.7. The molecule has 25 heavy (non-hydrogen) atoms. The Kier molecular flexibility index (Phi) is 2.91. The monoisotopic (exact) mass is 338 g/mol. The Morgan fingerprint density at radius 3 is 2.28 bits per heavy atom. The largest absolute Gasteiger partial charge is 0.487 e. The number of hydrogen-bond acceptors (Lipinski definition) is 4. The SMILES string of the molecule is Cc1ccc2c(c1)OC1O[C@]3(CC[C@]21O)c1ccc(C)cc1O[C@@H]3C. The molecule has 0 amide bonds. The van der Waals surface area contributed by atoms with E-state index in [0.717, 1.165) is 33.8 Å². The number of benzene rings is 2. The lowest BCUT2D eigenvalue weighted by atomic mass is 9.77. The Bertz CT molecular complexity index is 876. The molecule has 4 nitrogen and oxygen atoms in total. The van der Waals surface area contributed by atoms with Gasteiger partial charge in [-0.3, -0.25) is 0 Å². The predicted octanol–water partition coefficient (Wildman–Crippen LogP) is 3.70. The summed E-state index contributed by atoms with van der Waals surface area (Å²) >= 11 is 0. The van der Waals surface area contributed by atoms with Crippen molar-refractivity contribution in [1.29, 1.82) is 0 Å². The van der Waals surface area contributed by atoms with Gasteiger partial charge < -0.3 is 19.3 Å². The summed E-state index contributed by atoms with van der Waals surface area (Å²) in [6.07, 6.45) is 0.432. The summed E-state index contributed by atoms with van der Waals surface area (Å²) in [5.41, 5.74) is 2.49. The van der Waals surface area contributed by atoms with Gasteiger partial charge in [-0.25, -0.2) is 0 Å². The summed E-state index contributed by atoms with van der Waals surface area (Å²) < 4.78 is 18.6. The standard InChI is InChI=1S/C21H22O4/c1-12-4-6-15-17(10-12)24-19-20(15,22)8-9-21(25-19)14(3)23-18-11-13(2)5-7-16(18)21/h4-7,10-11,14,19,22H,8-9H2,1-3H3/t14-,19?,20+,21+/m1/s1. The molecule has 0 aliphatic carbocycles. The molecule has 2 aromatic carbocycles. The molecule has 130 valence electrons. The normalized spacial score (nSPS) is 34.9. The van der Waals surface area contributed by atoms with Gasteiger partial charge in [0, 0.05) is 11.1 Å². The lowest BCUT2D eigenvalue weighted by molar-refractivity contribution is -0.290. The van der Waals surface area contributed by atoms with E-state index in [0.29, 0.717) is 12.8 Å². The highest BCUT2D eigenvalue weighted by Crippen LogP contribution is 2.57. The third-order valence-electron chi connectivity index (χ3n) is 5.98. The van der Waals surface area contributed by atoms with Crippen molar-refractivity contribution in [2.45, 2.75) is 57.2 Å². The average Bonchev–Trinajstić information content (AvgIpc) is 2.99. The second-order valence-corrected chi connectivity index (χ2v) is 7.64. The highest BCUT2D eigenvalue weighted by molar-refractivity contribution is 5.49. The summed E-state index contributed by atoms with van der Waals surface area (Å²) in [6.45, 7) is 6.11. The van der Waals surface area contributed by atoms with Gasteiger partial charge in [0.25, 0.3) is 0 Å². The Morgan fingerprint density at radius 2 is 1.56 bits per heavy atom. The van der Waals surface area contributed by atoms with E-state index in [-0.39, 0.29) is 6.10 Å². The van der Waals surface area contributed by atoms with E-state index in [9.17, 15) is 5.11 Å². The van der Waals surface area contributed by atoms with E-state index in [1.54, 1.807) is 0 Å². The van der Waals surface area contributed by atoms with E-state index in [1.807, 2.05) is 32.0 Å². The van der Waals surface area contributed by atoms with Crippen LogP contribution in [0.1, 0.15) is 42.0 Å². The van der Waals surface area contributed by atoms with Crippen LogP contribution in [0.2, 0.25) is 0 Å². The Morgan fingerprint density at radius 1 is 0.920 bits per heavy atom. The number of fused-ring (bicyclic) bond motifs is 5. The summed E-state index contributed by atoms with van der Waals surface area (Å²) in [6, 6.07) is 12.2. The maximum absolute atomic E-state index is 11.3. The Balaban J connectivity index is 1.56. The van der Waals surface area contributed by atoms with Gasteiger partial charge >= 0.3 is 0 Å². The third kappa shape index (κ3) is 1.89. The van der Waals surface area contributed by atoms with Crippen LogP contribution in [0.3, 0.4) is 0 Å². The topological polar surface area (TPSA) is 47.9 Å². The molecule has 1 spiro atoms. The van der Waals surface area contributed by atoms with Crippen molar-refractivity contribution in [3.05, 3.63) is 58.7 Å². The maximum Gasteiger partial charge on any atom is 0.234 e. The van der Waals surface area contributed by atoms with Crippen molar-refractivity contribution < 1.29 is 19.3 Å². The number of rotatable bonds is 0. The van der Waals surface area contributed by atoms with Crippen molar-refractivity contribution in [3.8, 4) is 11.5 Å². The molecular weight excluding hydrogens is 316 g/mol. The molecular formula is C21H22O4. The van der Waals surface area contributed by atoms with E-state index in [1.165, 1.54) is 0 Å². The first-order valence-electron chi connectivity index (χ1n) is 8.88. The number of ether oxygens (including phenoxy) is 3. The summed E-state index contributed by atoms with van der Waals surface area (Å²) in [7, 11) is 0. The van der Waals surface area contributed by atoms with Gasteiger partial charge in [0.2, 0.25) is 6.29 Å². The maximum atomic E-state index is 11.3. The highest BCUT2D eigenvalue weighted by Gasteiger charge is 2.61. The Hall–Kier alpha value is -2.04. The summed E-state index contributed by atoms with van der Waals surface area (Å²) in [5, 5.41) is 11.3. The molecule has 3 heterocycles. The molecule has 0 radical (unpaired) electrons. The summed E-state index contributed by atoms with van der Waals surface area (Å²) in [5.74, 6) is 1.60. The van der Waals surface area contributed by atoms with Gasteiger partial charge in [-0.15, -0.1) is 0 Å². The highest BCUT2D eigenvalue weighted by atomic mass is 16.7. The van der Waals surface area contributed by atoms with Gasteiger partial charge in [0.05, 0.1) is 0 Å². The Labute approximate surface area is 147 Å². The van der Waals surface area contributed by atoms with Gasteiger partial charge in [-0.05, 0) is 56.9 Å². The molecule has 0 bridgehead atoms. The molecule has 3 aliphatic heterocycles. The fourth-order valence-electron chi connectivity index (χ4n) is 4.50. The molecule has 0 saturated carbocycles. The van der Waals surface area contributed by atoms with Crippen molar-refractivity contribution in [2.75, 3.05) is 0 Å². The number of hydrogen-bond donors (Lipinski definition) is 1. The van der Waals surface area contributed by atoms with Crippen LogP contribution in [0.4, 0.5) is 0 Å². The minimum absolute atomic E-state index is 0.122. The first-order chi connectivity index (χ1) is 11.9. The van der Waals surface area contributed by atoms with Crippen molar-refractivity contribution >= 4 is 0 Å². The zero-order chi connectivity index (χ0) is 17.4. The first-order valence-corrected chi connectivity index (χ1v) is 8.88. The van der Waals surface area contributed by atoms with E-state index in [4.69, 9.17) is 14.2 Å². The van der Waals surface area contributed by atoms with E-state index < -0.39 is 17.5 Å². The smallest absolute Gasteiger partial charge is 0.234 e. The van der Waals surface area contributed by atoms with Crippen LogP contribution in [0.15, 0.2) is 36.4 Å². The fourth-order valence-corrected chi connectivity index (χ4v) is 4.50. The molecule has 5 rings (SSSR count). The third-order valence-corrected chi connectivity index (χ3v) is 5.98. The van der Waals surface area contributed by atoms with E-state index >= 15 is 0 Å². The summed E-state index contributed by atoms with van der Waals surface area (Å²) in [4.78, 5) is 0. The van der Waals surface area contributed by atoms with Crippen LogP contribution < -0.4 is 9.47 Å². The van der Waals surface area contributed by atoms with Crippen LogP contribution in [-0.4, -0.2) is 17.5 Å².